The van der Waals surface area contributed by atoms with Gasteiger partial charge in [-0.05, 0) is 25.2 Å². The van der Waals surface area contributed by atoms with Gasteiger partial charge in [0.25, 0.3) is 0 Å². The Labute approximate surface area is 108 Å². The molecule has 0 saturated heterocycles. The first-order valence-electron chi connectivity index (χ1n) is 6.67. The van der Waals surface area contributed by atoms with Gasteiger partial charge in [0, 0.05) is 17.3 Å². The monoisotopic (exact) mass is 257 g/mol. The van der Waals surface area contributed by atoms with Crippen LogP contribution in [0.3, 0.4) is 0 Å². The summed E-state index contributed by atoms with van der Waals surface area (Å²) < 4.78 is 4.96. The van der Waals surface area contributed by atoms with E-state index in [1.165, 1.54) is 0 Å². The molecule has 0 spiro atoms. The fourth-order valence-corrected chi connectivity index (χ4v) is 2.99. The van der Waals surface area contributed by atoms with Crippen molar-refractivity contribution in [1.29, 1.82) is 0 Å². The summed E-state index contributed by atoms with van der Waals surface area (Å²) in [5.41, 5.74) is -0.371. The number of hydrogen-bond acceptors (Lipinski definition) is 4. The molecule has 1 aliphatic rings. The Hall–Kier alpha value is -1.13. The lowest BCUT2D eigenvalue weighted by atomic mass is 9.67. The second kappa shape index (κ2) is 6.16. The Kier molecular flexibility index (Phi) is 5.11. The lowest BCUT2D eigenvalue weighted by molar-refractivity contribution is -0.539. The van der Waals surface area contributed by atoms with Crippen LogP contribution in [0.4, 0.5) is 0 Å². The Bertz CT molecular complexity index is 314. The first-order chi connectivity index (χ1) is 8.38. The molecule has 0 amide bonds. The molecule has 2 unspecified atom stereocenters. The third-order valence-corrected chi connectivity index (χ3v) is 3.91. The molecule has 0 aromatic rings. The Morgan fingerprint density at radius 2 is 2.00 bits per heavy atom. The van der Waals surface area contributed by atoms with Crippen LogP contribution in [-0.4, -0.2) is 23.5 Å². The summed E-state index contributed by atoms with van der Waals surface area (Å²) in [4.78, 5) is 22.5. The molecule has 104 valence electrons. The zero-order valence-electron chi connectivity index (χ0n) is 11.5. The number of nitrogens with zero attached hydrogens (tertiary/aromatic N) is 1. The van der Waals surface area contributed by atoms with Crippen molar-refractivity contribution in [2.45, 2.75) is 58.9 Å². The SMILES string of the molecule is CCOC(=O)CC(C)(C)C1CCCCC1[N+](=O)[O-]. The van der Waals surface area contributed by atoms with Gasteiger partial charge in [0.15, 0.2) is 0 Å². The van der Waals surface area contributed by atoms with Crippen LogP contribution in [0.5, 0.6) is 0 Å². The quantitative estimate of drug-likeness (QED) is 0.431. The van der Waals surface area contributed by atoms with E-state index < -0.39 is 6.04 Å². The average molecular weight is 257 g/mol. The molecule has 1 saturated carbocycles. The van der Waals surface area contributed by atoms with Crippen molar-refractivity contribution in [1.82, 2.24) is 0 Å². The summed E-state index contributed by atoms with van der Waals surface area (Å²) in [5, 5.41) is 11.1. The molecule has 0 radical (unpaired) electrons. The Morgan fingerprint density at radius 1 is 1.39 bits per heavy atom. The van der Waals surface area contributed by atoms with E-state index >= 15 is 0 Å². The first-order valence-corrected chi connectivity index (χ1v) is 6.67. The van der Waals surface area contributed by atoms with Gasteiger partial charge in [-0.15, -0.1) is 0 Å². The topological polar surface area (TPSA) is 69.4 Å². The second-order valence-electron chi connectivity index (χ2n) is 5.71. The highest BCUT2D eigenvalue weighted by atomic mass is 16.6. The number of carbonyl (C=O) groups is 1. The summed E-state index contributed by atoms with van der Waals surface area (Å²) in [5.74, 6) is -0.291. The van der Waals surface area contributed by atoms with E-state index in [0.717, 1.165) is 19.3 Å². The van der Waals surface area contributed by atoms with Crippen LogP contribution in [0.25, 0.3) is 0 Å². The maximum absolute atomic E-state index is 11.6. The number of ether oxygens (including phenoxy) is 1. The fourth-order valence-electron chi connectivity index (χ4n) is 2.99. The van der Waals surface area contributed by atoms with E-state index in [9.17, 15) is 14.9 Å². The zero-order valence-corrected chi connectivity index (χ0v) is 11.5. The highest BCUT2D eigenvalue weighted by Crippen LogP contribution is 2.42. The van der Waals surface area contributed by atoms with Crippen LogP contribution in [0, 0.1) is 21.4 Å². The van der Waals surface area contributed by atoms with Crippen LogP contribution in [0.2, 0.25) is 0 Å². The van der Waals surface area contributed by atoms with Gasteiger partial charge in [0.2, 0.25) is 6.04 Å². The van der Waals surface area contributed by atoms with Gasteiger partial charge in [-0.2, -0.15) is 0 Å². The summed E-state index contributed by atoms with van der Waals surface area (Å²) in [6.07, 6.45) is 3.65. The van der Waals surface area contributed by atoms with Crippen LogP contribution < -0.4 is 0 Å². The number of esters is 1. The predicted octanol–water partition coefficient (Wildman–Crippen LogP) is 2.80. The summed E-state index contributed by atoms with van der Waals surface area (Å²) in [6, 6.07) is -0.511. The standard InChI is InChI=1S/C13H23NO4/c1-4-18-12(15)9-13(2,3)10-7-5-6-8-11(10)14(16)17/h10-11H,4-9H2,1-3H3. The molecule has 0 heterocycles. The molecule has 18 heavy (non-hydrogen) atoms. The molecule has 0 aliphatic heterocycles. The summed E-state index contributed by atoms with van der Waals surface area (Å²) >= 11 is 0. The van der Waals surface area contributed by atoms with Gasteiger partial charge in [-0.25, -0.2) is 0 Å². The minimum Gasteiger partial charge on any atom is -0.466 e. The van der Waals surface area contributed by atoms with E-state index in [0.29, 0.717) is 13.0 Å². The van der Waals surface area contributed by atoms with Crippen molar-refractivity contribution < 1.29 is 14.5 Å². The molecule has 1 rings (SSSR count). The highest BCUT2D eigenvalue weighted by Gasteiger charge is 2.44. The van der Waals surface area contributed by atoms with Crippen LogP contribution >= 0.6 is 0 Å². The van der Waals surface area contributed by atoms with Gasteiger partial charge in [-0.3, -0.25) is 14.9 Å². The number of nitro groups is 1. The maximum atomic E-state index is 11.6. The van der Waals surface area contributed by atoms with Crippen molar-refractivity contribution in [2.24, 2.45) is 11.3 Å². The summed E-state index contributed by atoms with van der Waals surface area (Å²) in [7, 11) is 0. The molecule has 2 atom stereocenters. The predicted molar refractivity (Wildman–Crippen MR) is 67.8 cm³/mol. The lowest BCUT2D eigenvalue weighted by Gasteiger charge is -2.37. The minimum absolute atomic E-state index is 0.0364. The van der Waals surface area contributed by atoms with Crippen molar-refractivity contribution in [3.8, 4) is 0 Å². The van der Waals surface area contributed by atoms with Crippen molar-refractivity contribution in [3.05, 3.63) is 10.1 Å². The third kappa shape index (κ3) is 3.68. The van der Waals surface area contributed by atoms with Gasteiger partial charge < -0.3 is 4.74 Å². The van der Waals surface area contributed by atoms with Gasteiger partial charge in [0.05, 0.1) is 13.0 Å². The molecule has 1 aliphatic carbocycles. The van der Waals surface area contributed by atoms with E-state index in [1.807, 2.05) is 13.8 Å². The van der Waals surface area contributed by atoms with Crippen molar-refractivity contribution in [2.75, 3.05) is 6.61 Å². The molecule has 1 fully saturated rings. The van der Waals surface area contributed by atoms with Crippen LogP contribution in [0.1, 0.15) is 52.9 Å². The first kappa shape index (κ1) is 14.9. The Balaban J connectivity index is 2.74. The molecule has 0 bridgehead atoms. The fraction of sp³-hybridized carbons (Fsp3) is 0.923. The van der Waals surface area contributed by atoms with Crippen LogP contribution in [-0.2, 0) is 9.53 Å². The maximum Gasteiger partial charge on any atom is 0.306 e. The molecule has 0 N–H and O–H groups in total. The zero-order chi connectivity index (χ0) is 13.8. The molecular weight excluding hydrogens is 234 g/mol. The molecule has 5 heteroatoms. The highest BCUT2D eigenvalue weighted by molar-refractivity contribution is 5.70. The average Bonchev–Trinajstić information content (AvgIpc) is 2.28. The largest absolute Gasteiger partial charge is 0.466 e. The van der Waals surface area contributed by atoms with E-state index in [4.69, 9.17) is 4.74 Å². The molecule has 0 aromatic heterocycles. The number of hydrogen-bond donors (Lipinski definition) is 0. The van der Waals surface area contributed by atoms with E-state index in [1.54, 1.807) is 6.92 Å². The van der Waals surface area contributed by atoms with E-state index in [-0.39, 0.29) is 28.6 Å². The van der Waals surface area contributed by atoms with Gasteiger partial charge in [-0.1, -0.05) is 20.3 Å². The van der Waals surface area contributed by atoms with Crippen molar-refractivity contribution >= 4 is 5.97 Å². The second-order valence-corrected chi connectivity index (χ2v) is 5.71. The molecular formula is C13H23NO4. The number of rotatable bonds is 5. The third-order valence-electron chi connectivity index (χ3n) is 3.91. The smallest absolute Gasteiger partial charge is 0.306 e. The minimum atomic E-state index is -0.511. The van der Waals surface area contributed by atoms with Crippen molar-refractivity contribution in [3.63, 3.8) is 0 Å². The van der Waals surface area contributed by atoms with E-state index in [2.05, 4.69) is 0 Å². The van der Waals surface area contributed by atoms with Gasteiger partial charge in [0.1, 0.15) is 0 Å². The molecule has 0 aromatic carbocycles. The van der Waals surface area contributed by atoms with Crippen LogP contribution in [0.15, 0.2) is 0 Å². The summed E-state index contributed by atoms with van der Waals surface area (Å²) in [6.45, 7) is 6.01. The van der Waals surface area contributed by atoms with Gasteiger partial charge >= 0.3 is 5.97 Å². The normalized spacial score (nSPS) is 24.6. The number of carbonyl (C=O) groups excluding carboxylic acids is 1. The Morgan fingerprint density at radius 3 is 2.56 bits per heavy atom. The molecule has 5 nitrogen and oxygen atoms in total. The lowest BCUT2D eigenvalue weighted by Crippen LogP contribution is -2.42.